The minimum atomic E-state index is -0.473. The molecule has 0 aromatic carbocycles. The first-order chi connectivity index (χ1) is 6.81. The van der Waals surface area contributed by atoms with Gasteiger partial charge < -0.3 is 4.98 Å². The molecule has 0 aliphatic rings. The number of H-pyrrole nitrogens is 1. The topological polar surface area (TPSA) is 58.6 Å². The highest BCUT2D eigenvalue weighted by Gasteiger charge is 2.07. The summed E-state index contributed by atoms with van der Waals surface area (Å²) >= 11 is 0. The molecule has 0 aliphatic heterocycles. The average molecular weight is 191 g/mol. The Morgan fingerprint density at radius 2 is 2.29 bits per heavy atom. The average Bonchev–Trinajstić information content (AvgIpc) is 2.67. The summed E-state index contributed by atoms with van der Waals surface area (Å²) in [5.41, 5.74) is 0.615. The van der Waals surface area contributed by atoms with Gasteiger partial charge in [0.1, 0.15) is 5.82 Å². The Labute approximate surface area is 78.8 Å². The number of aromatic nitrogens is 3. The van der Waals surface area contributed by atoms with Crippen molar-refractivity contribution in [1.29, 1.82) is 0 Å². The molecule has 2 heterocycles. The largest absolute Gasteiger partial charge is 0.336 e. The van der Waals surface area contributed by atoms with Crippen LogP contribution in [0.3, 0.4) is 0 Å². The van der Waals surface area contributed by atoms with Crippen LogP contribution in [0.4, 0.5) is 4.39 Å². The molecule has 0 radical (unpaired) electrons. The Morgan fingerprint density at radius 3 is 2.93 bits per heavy atom. The first-order valence-corrected chi connectivity index (χ1v) is 3.91. The standard InChI is InChI=1S/C9H6FN3O/c10-8-4-11-2-1-7(8)9-12-3-6(5-14)13-9/h1-5H,(H,12,13). The maximum atomic E-state index is 13.2. The lowest BCUT2D eigenvalue weighted by Crippen LogP contribution is -1.87. The first-order valence-electron chi connectivity index (χ1n) is 3.91. The number of rotatable bonds is 2. The van der Waals surface area contributed by atoms with Crippen molar-refractivity contribution in [3.05, 3.63) is 36.2 Å². The monoisotopic (exact) mass is 191 g/mol. The summed E-state index contributed by atoms with van der Waals surface area (Å²) < 4.78 is 13.2. The third-order valence-electron chi connectivity index (χ3n) is 1.75. The van der Waals surface area contributed by atoms with E-state index in [0.29, 0.717) is 23.4 Å². The number of nitrogens with zero attached hydrogens (tertiary/aromatic N) is 2. The highest BCUT2D eigenvalue weighted by Crippen LogP contribution is 2.17. The number of carbonyl (C=O) groups is 1. The minimum Gasteiger partial charge on any atom is -0.336 e. The number of nitrogens with one attached hydrogen (secondary N) is 1. The molecule has 2 rings (SSSR count). The lowest BCUT2D eigenvalue weighted by atomic mass is 10.2. The number of hydrogen-bond acceptors (Lipinski definition) is 3. The Kier molecular flexibility index (Phi) is 2.06. The molecule has 1 N–H and O–H groups in total. The van der Waals surface area contributed by atoms with Crippen molar-refractivity contribution in [1.82, 2.24) is 15.0 Å². The van der Waals surface area contributed by atoms with Crippen LogP contribution in [-0.2, 0) is 0 Å². The van der Waals surface area contributed by atoms with Gasteiger partial charge in [-0.05, 0) is 6.07 Å². The van der Waals surface area contributed by atoms with E-state index < -0.39 is 5.82 Å². The van der Waals surface area contributed by atoms with Crippen LogP contribution < -0.4 is 0 Å². The third-order valence-corrected chi connectivity index (χ3v) is 1.75. The quantitative estimate of drug-likeness (QED) is 0.730. The fraction of sp³-hybridized carbons (Fsp3) is 0. The van der Waals surface area contributed by atoms with Gasteiger partial charge in [-0.3, -0.25) is 9.78 Å². The van der Waals surface area contributed by atoms with Gasteiger partial charge in [0, 0.05) is 6.20 Å². The second kappa shape index (κ2) is 3.37. The highest BCUT2D eigenvalue weighted by atomic mass is 19.1. The van der Waals surface area contributed by atoms with Crippen molar-refractivity contribution in [2.24, 2.45) is 0 Å². The van der Waals surface area contributed by atoms with Crippen molar-refractivity contribution >= 4 is 6.29 Å². The van der Waals surface area contributed by atoms with E-state index >= 15 is 0 Å². The van der Waals surface area contributed by atoms with Gasteiger partial charge in [-0.2, -0.15) is 0 Å². The lowest BCUT2D eigenvalue weighted by Gasteiger charge is -1.96. The van der Waals surface area contributed by atoms with Gasteiger partial charge in [0.2, 0.25) is 0 Å². The van der Waals surface area contributed by atoms with Gasteiger partial charge in [-0.1, -0.05) is 0 Å². The van der Waals surface area contributed by atoms with E-state index in [1.807, 2.05) is 0 Å². The molecule has 0 bridgehead atoms. The number of carbonyl (C=O) groups excluding carboxylic acids is 1. The SMILES string of the molecule is O=Cc1cnc(-c2ccncc2F)[nH]1. The van der Waals surface area contributed by atoms with Crippen LogP contribution in [0.25, 0.3) is 11.4 Å². The van der Waals surface area contributed by atoms with Crippen LogP contribution >= 0.6 is 0 Å². The normalized spacial score (nSPS) is 10.1. The first kappa shape index (κ1) is 8.55. The van der Waals surface area contributed by atoms with Crippen molar-refractivity contribution in [2.75, 3.05) is 0 Å². The van der Waals surface area contributed by atoms with E-state index in [1.165, 1.54) is 18.5 Å². The van der Waals surface area contributed by atoms with E-state index in [4.69, 9.17) is 0 Å². The minimum absolute atomic E-state index is 0.299. The lowest BCUT2D eigenvalue weighted by molar-refractivity contribution is 0.111. The summed E-state index contributed by atoms with van der Waals surface area (Å²) in [6.07, 6.45) is 4.53. The maximum absolute atomic E-state index is 13.2. The zero-order chi connectivity index (χ0) is 9.97. The number of hydrogen-bond donors (Lipinski definition) is 1. The fourth-order valence-corrected chi connectivity index (χ4v) is 1.10. The molecule has 4 nitrogen and oxygen atoms in total. The van der Waals surface area contributed by atoms with Gasteiger partial charge in [-0.15, -0.1) is 0 Å². The van der Waals surface area contributed by atoms with Crippen molar-refractivity contribution < 1.29 is 9.18 Å². The van der Waals surface area contributed by atoms with Crippen LogP contribution in [0, 0.1) is 5.82 Å². The summed E-state index contributed by atoms with van der Waals surface area (Å²) in [5, 5.41) is 0. The molecule has 70 valence electrons. The molecule has 0 amide bonds. The molecule has 5 heteroatoms. The second-order valence-electron chi connectivity index (χ2n) is 2.66. The molecule has 0 atom stereocenters. The summed E-state index contributed by atoms with van der Waals surface area (Å²) in [7, 11) is 0. The Balaban J connectivity index is 2.49. The summed E-state index contributed by atoms with van der Waals surface area (Å²) in [4.78, 5) is 20.5. The fourth-order valence-electron chi connectivity index (χ4n) is 1.10. The zero-order valence-electron chi connectivity index (χ0n) is 7.07. The molecule has 0 saturated carbocycles. The number of aldehydes is 1. The van der Waals surface area contributed by atoms with Gasteiger partial charge in [0.25, 0.3) is 0 Å². The van der Waals surface area contributed by atoms with E-state index in [2.05, 4.69) is 15.0 Å². The summed E-state index contributed by atoms with van der Waals surface area (Å²) in [6.45, 7) is 0. The Bertz CT molecular complexity index is 467. The third kappa shape index (κ3) is 1.39. The molecule has 0 spiro atoms. The molecule has 0 fully saturated rings. The summed E-state index contributed by atoms with van der Waals surface area (Å²) in [6, 6.07) is 1.49. The number of pyridine rings is 1. The molecular formula is C9H6FN3O. The molecule has 2 aromatic heterocycles. The van der Waals surface area contributed by atoms with Gasteiger partial charge in [0.15, 0.2) is 12.1 Å². The summed E-state index contributed by atoms with van der Waals surface area (Å²) in [5.74, 6) is -0.147. The van der Waals surface area contributed by atoms with Crippen molar-refractivity contribution in [3.63, 3.8) is 0 Å². The van der Waals surface area contributed by atoms with Gasteiger partial charge in [0.05, 0.1) is 23.7 Å². The Hall–Kier alpha value is -2.04. The van der Waals surface area contributed by atoms with Crippen LogP contribution in [-0.4, -0.2) is 21.2 Å². The van der Waals surface area contributed by atoms with Crippen LogP contribution in [0.1, 0.15) is 10.5 Å². The zero-order valence-corrected chi connectivity index (χ0v) is 7.07. The van der Waals surface area contributed by atoms with E-state index in [1.54, 1.807) is 0 Å². The molecule has 2 aromatic rings. The van der Waals surface area contributed by atoms with Crippen LogP contribution in [0.2, 0.25) is 0 Å². The molecule has 0 aliphatic carbocycles. The number of imidazole rings is 1. The van der Waals surface area contributed by atoms with E-state index in [0.717, 1.165) is 6.20 Å². The predicted octanol–water partition coefficient (Wildman–Crippen LogP) is 1.42. The number of halogens is 1. The molecule has 0 saturated heterocycles. The highest BCUT2D eigenvalue weighted by molar-refractivity contribution is 5.73. The molecule has 0 unspecified atom stereocenters. The van der Waals surface area contributed by atoms with E-state index in [-0.39, 0.29) is 0 Å². The Morgan fingerprint density at radius 1 is 1.43 bits per heavy atom. The second-order valence-corrected chi connectivity index (χ2v) is 2.66. The molecule has 14 heavy (non-hydrogen) atoms. The van der Waals surface area contributed by atoms with Crippen molar-refractivity contribution in [3.8, 4) is 11.4 Å². The van der Waals surface area contributed by atoms with Crippen LogP contribution in [0.5, 0.6) is 0 Å². The molecular weight excluding hydrogens is 185 g/mol. The van der Waals surface area contributed by atoms with E-state index in [9.17, 15) is 9.18 Å². The maximum Gasteiger partial charge on any atom is 0.167 e. The number of aromatic amines is 1. The van der Waals surface area contributed by atoms with Crippen LogP contribution in [0.15, 0.2) is 24.7 Å². The van der Waals surface area contributed by atoms with Gasteiger partial charge >= 0.3 is 0 Å². The predicted molar refractivity (Wildman–Crippen MR) is 47.2 cm³/mol. The van der Waals surface area contributed by atoms with Gasteiger partial charge in [-0.25, -0.2) is 9.37 Å². The smallest absolute Gasteiger partial charge is 0.167 e. The van der Waals surface area contributed by atoms with Crippen molar-refractivity contribution in [2.45, 2.75) is 0 Å².